The van der Waals surface area contributed by atoms with Crippen LogP contribution in [0, 0.1) is 0 Å². The van der Waals surface area contributed by atoms with Crippen molar-refractivity contribution in [3.05, 3.63) is 48.0 Å². The molecule has 1 rings (SSSR count). The van der Waals surface area contributed by atoms with E-state index < -0.39 is 5.97 Å². The first-order valence-corrected chi connectivity index (χ1v) is 17.0. The van der Waals surface area contributed by atoms with Crippen LogP contribution in [0.15, 0.2) is 42.5 Å². The zero-order valence-corrected chi connectivity index (χ0v) is 29.5. The van der Waals surface area contributed by atoms with E-state index in [9.17, 15) is 4.79 Å². The molecule has 0 atom stereocenters. The van der Waals surface area contributed by atoms with Gasteiger partial charge in [-0.1, -0.05) is 36.9 Å². The van der Waals surface area contributed by atoms with Crippen molar-refractivity contribution in [3.8, 4) is 0 Å². The predicted octanol–water partition coefficient (Wildman–Crippen LogP) is 2.51. The quantitative estimate of drug-likeness (QED) is 0.0564. The Hall–Kier alpha value is -2.05. The zero-order chi connectivity index (χ0) is 35.1. The molecule has 0 fully saturated rings. The number of benzene rings is 1. The lowest BCUT2D eigenvalue weighted by Crippen LogP contribution is -2.16. The van der Waals surface area contributed by atoms with Gasteiger partial charge in [0.1, 0.15) is 6.61 Å². The number of rotatable bonds is 39. The van der Waals surface area contributed by atoms with Crippen LogP contribution in [0.1, 0.15) is 12.5 Å². The molecule has 1 aromatic carbocycles. The highest BCUT2D eigenvalue weighted by molar-refractivity contribution is 5.86. The lowest BCUT2D eigenvalue weighted by Gasteiger charge is -2.09. The third-order valence-electron chi connectivity index (χ3n) is 6.01. The van der Waals surface area contributed by atoms with Gasteiger partial charge in [0.05, 0.1) is 159 Å². The molecule has 0 saturated carbocycles. The fourth-order valence-electron chi connectivity index (χ4n) is 3.50. The van der Waals surface area contributed by atoms with E-state index in [1.54, 1.807) is 6.92 Å². The minimum Gasteiger partial charge on any atom is -0.460 e. The lowest BCUT2D eigenvalue weighted by atomic mass is 10.2. The molecule has 1 aromatic rings. The summed E-state index contributed by atoms with van der Waals surface area (Å²) in [6, 6.07) is 10.1. The van der Waals surface area contributed by atoms with Gasteiger partial charge in [-0.2, -0.15) is 0 Å². The largest absolute Gasteiger partial charge is 0.460 e. The second-order valence-corrected chi connectivity index (χ2v) is 10.2. The van der Waals surface area contributed by atoms with Gasteiger partial charge in [0.25, 0.3) is 0 Å². The molecule has 0 radical (unpaired) electrons. The summed E-state index contributed by atoms with van der Waals surface area (Å²) in [5.41, 5.74) is 1.52. The van der Waals surface area contributed by atoms with Gasteiger partial charge in [0, 0.05) is 5.57 Å². The summed E-state index contributed by atoms with van der Waals surface area (Å²) in [4.78, 5) is 11.2. The van der Waals surface area contributed by atoms with Crippen molar-refractivity contribution >= 4 is 5.97 Å². The molecule has 0 aliphatic rings. The highest BCUT2D eigenvalue weighted by Gasteiger charge is 2.02. The maximum Gasteiger partial charge on any atom is 0.333 e. The molecule has 49 heavy (non-hydrogen) atoms. The first-order valence-electron chi connectivity index (χ1n) is 17.0. The molecule has 14 heteroatoms. The average Bonchev–Trinajstić information content (AvgIpc) is 3.11. The minimum atomic E-state index is -0.414. The number of ether oxygens (including phenoxy) is 13. The van der Waals surface area contributed by atoms with E-state index in [0.29, 0.717) is 164 Å². The van der Waals surface area contributed by atoms with E-state index in [4.69, 9.17) is 61.6 Å². The Morgan fingerprint density at radius 3 is 0.918 bits per heavy atom. The lowest BCUT2D eigenvalue weighted by molar-refractivity contribution is -0.140. The third-order valence-corrected chi connectivity index (χ3v) is 6.01. The Bertz CT molecular complexity index is 845. The summed E-state index contributed by atoms with van der Waals surface area (Å²) in [6.07, 6.45) is 0. The molecule has 284 valence electrons. The van der Waals surface area contributed by atoms with Crippen LogP contribution in [-0.4, -0.2) is 165 Å². The van der Waals surface area contributed by atoms with Crippen molar-refractivity contribution < 1.29 is 66.4 Å². The van der Waals surface area contributed by atoms with Crippen LogP contribution in [0.3, 0.4) is 0 Å². The van der Waals surface area contributed by atoms with Gasteiger partial charge in [0.2, 0.25) is 0 Å². The first kappa shape index (κ1) is 45.0. The normalized spacial score (nSPS) is 11.3. The second-order valence-electron chi connectivity index (χ2n) is 10.2. The molecule has 0 bridgehead atoms. The van der Waals surface area contributed by atoms with Gasteiger partial charge >= 0.3 is 5.97 Å². The Kier molecular flexibility index (Phi) is 34.2. The minimum absolute atomic E-state index is 0.198. The molecule has 0 aromatic heterocycles. The molecule has 0 aliphatic carbocycles. The van der Waals surface area contributed by atoms with Crippen LogP contribution in [-0.2, 0) is 73.0 Å². The van der Waals surface area contributed by atoms with E-state index >= 15 is 0 Å². The van der Waals surface area contributed by atoms with Crippen molar-refractivity contribution in [2.75, 3.05) is 159 Å². The molecule has 0 unspecified atom stereocenters. The summed E-state index contributed by atoms with van der Waals surface area (Å²) in [5, 5.41) is 0. The maximum absolute atomic E-state index is 11.2. The van der Waals surface area contributed by atoms with Crippen molar-refractivity contribution in [1.82, 2.24) is 0 Å². The topological polar surface area (TPSA) is 137 Å². The third kappa shape index (κ3) is 34.2. The number of carbonyl (C=O) groups is 1. The van der Waals surface area contributed by atoms with E-state index in [1.807, 2.05) is 30.3 Å². The van der Waals surface area contributed by atoms with E-state index in [0.717, 1.165) is 5.56 Å². The molecule has 0 N–H and O–H groups in total. The molecule has 0 heterocycles. The summed E-state index contributed by atoms with van der Waals surface area (Å²) < 4.78 is 70.5. The summed E-state index contributed by atoms with van der Waals surface area (Å²) in [7, 11) is 0. The first-order chi connectivity index (χ1) is 24.2. The number of hydrogen-bond acceptors (Lipinski definition) is 14. The van der Waals surface area contributed by atoms with Crippen molar-refractivity contribution in [2.24, 2.45) is 0 Å². The second kappa shape index (κ2) is 37.2. The molecule has 14 nitrogen and oxygen atoms in total. The Labute approximate surface area is 292 Å². The van der Waals surface area contributed by atoms with Gasteiger partial charge in [-0.15, -0.1) is 0 Å². The fraction of sp³-hybridized carbons (Fsp3) is 0.743. The Morgan fingerprint density at radius 1 is 0.408 bits per heavy atom. The van der Waals surface area contributed by atoms with Gasteiger partial charge in [-0.05, 0) is 12.5 Å². The standard InChI is InChI=1S/C35H60O14/c1-33(2)35(36)49-31-30-47-27-26-45-23-22-43-19-18-41-15-14-39-11-10-37-8-9-38-12-13-40-16-17-42-20-21-44-24-25-46-28-29-48-32-34-6-4-3-5-7-34/h3-7H,1,8-32H2,2H3. The number of hydrogen-bond donors (Lipinski definition) is 0. The summed E-state index contributed by atoms with van der Waals surface area (Å²) in [6.45, 7) is 17.2. The van der Waals surface area contributed by atoms with Crippen molar-refractivity contribution in [3.63, 3.8) is 0 Å². The Morgan fingerprint density at radius 2 is 0.653 bits per heavy atom. The van der Waals surface area contributed by atoms with Crippen LogP contribution in [0.4, 0.5) is 0 Å². The molecular formula is C35H60O14. The smallest absolute Gasteiger partial charge is 0.333 e. The summed E-state index contributed by atoms with van der Waals surface area (Å²) >= 11 is 0. The monoisotopic (exact) mass is 704 g/mol. The maximum atomic E-state index is 11.2. The molecular weight excluding hydrogens is 644 g/mol. The van der Waals surface area contributed by atoms with Gasteiger partial charge < -0.3 is 61.6 Å². The van der Waals surface area contributed by atoms with Crippen LogP contribution in [0.2, 0.25) is 0 Å². The van der Waals surface area contributed by atoms with Crippen LogP contribution in [0.25, 0.3) is 0 Å². The Balaban J connectivity index is 1.62. The van der Waals surface area contributed by atoms with E-state index in [-0.39, 0.29) is 6.61 Å². The van der Waals surface area contributed by atoms with Gasteiger partial charge in [0.15, 0.2) is 0 Å². The number of carbonyl (C=O) groups excluding carboxylic acids is 1. The number of esters is 1. The highest BCUT2D eigenvalue weighted by atomic mass is 16.6. The van der Waals surface area contributed by atoms with Crippen LogP contribution in [0.5, 0.6) is 0 Å². The highest BCUT2D eigenvalue weighted by Crippen LogP contribution is 2.00. The zero-order valence-electron chi connectivity index (χ0n) is 29.5. The van der Waals surface area contributed by atoms with E-state index in [1.165, 1.54) is 0 Å². The predicted molar refractivity (Wildman–Crippen MR) is 181 cm³/mol. The van der Waals surface area contributed by atoms with Crippen LogP contribution < -0.4 is 0 Å². The fourth-order valence-corrected chi connectivity index (χ4v) is 3.50. The molecule has 0 amide bonds. The van der Waals surface area contributed by atoms with Gasteiger partial charge in [-0.3, -0.25) is 0 Å². The molecule has 0 spiro atoms. The van der Waals surface area contributed by atoms with E-state index in [2.05, 4.69) is 6.58 Å². The van der Waals surface area contributed by atoms with Crippen molar-refractivity contribution in [2.45, 2.75) is 13.5 Å². The van der Waals surface area contributed by atoms with Gasteiger partial charge in [-0.25, -0.2) is 4.79 Å². The van der Waals surface area contributed by atoms with Crippen molar-refractivity contribution in [1.29, 1.82) is 0 Å². The SMILES string of the molecule is C=C(C)C(=O)OCCOCCOCCOCCOCCOCCOCCOCCOCCOCCOCCOCCOCc1ccccc1. The molecule has 0 aliphatic heterocycles. The van der Waals surface area contributed by atoms with Crippen LogP contribution >= 0.6 is 0 Å². The summed E-state index contributed by atoms with van der Waals surface area (Å²) in [5.74, 6) is -0.414. The average molecular weight is 705 g/mol. The molecule has 0 saturated heterocycles.